The number of aryl methyl sites for hydroxylation is 1. The SMILES string of the molecule is COc1ccccc1CCCN1CC(C)N(C(=O)c2ccco2)CC1C.Cl. The molecular formula is C21H29ClN2O3. The zero-order valence-corrected chi connectivity index (χ0v) is 17.1. The van der Waals surface area contributed by atoms with E-state index in [2.05, 4.69) is 30.9 Å². The predicted octanol–water partition coefficient (Wildman–Crippen LogP) is 3.88. The predicted molar refractivity (Wildman–Crippen MR) is 109 cm³/mol. The third-order valence-corrected chi connectivity index (χ3v) is 5.19. The van der Waals surface area contributed by atoms with Crippen LogP contribution in [0.1, 0.15) is 36.4 Å². The molecule has 27 heavy (non-hydrogen) atoms. The van der Waals surface area contributed by atoms with Gasteiger partial charge in [0.25, 0.3) is 5.91 Å². The Hall–Kier alpha value is -1.98. The molecule has 3 rings (SSSR count). The van der Waals surface area contributed by atoms with Gasteiger partial charge in [0.05, 0.1) is 13.4 Å². The van der Waals surface area contributed by atoms with E-state index in [1.165, 1.54) is 5.56 Å². The lowest BCUT2D eigenvalue weighted by Gasteiger charge is -2.44. The van der Waals surface area contributed by atoms with E-state index in [0.29, 0.717) is 11.8 Å². The lowest BCUT2D eigenvalue weighted by Crippen LogP contribution is -2.58. The summed E-state index contributed by atoms with van der Waals surface area (Å²) in [7, 11) is 1.72. The van der Waals surface area contributed by atoms with E-state index in [9.17, 15) is 4.79 Å². The maximum Gasteiger partial charge on any atom is 0.289 e. The molecule has 2 atom stereocenters. The molecule has 2 unspecified atom stereocenters. The molecule has 6 heteroatoms. The van der Waals surface area contributed by atoms with Crippen molar-refractivity contribution in [3.05, 3.63) is 54.0 Å². The molecule has 1 aromatic carbocycles. The van der Waals surface area contributed by atoms with E-state index in [4.69, 9.17) is 9.15 Å². The van der Waals surface area contributed by atoms with Gasteiger partial charge in [0.1, 0.15) is 5.75 Å². The second kappa shape index (κ2) is 9.81. The van der Waals surface area contributed by atoms with E-state index in [1.807, 2.05) is 17.0 Å². The Labute approximate surface area is 167 Å². The van der Waals surface area contributed by atoms with Crippen LogP contribution in [0.15, 0.2) is 47.1 Å². The second-order valence-corrected chi connectivity index (χ2v) is 7.04. The average molecular weight is 393 g/mol. The minimum Gasteiger partial charge on any atom is -0.496 e. The van der Waals surface area contributed by atoms with Crippen LogP contribution in [0.2, 0.25) is 0 Å². The van der Waals surface area contributed by atoms with Crippen molar-refractivity contribution < 1.29 is 13.9 Å². The number of carbonyl (C=O) groups excluding carboxylic acids is 1. The highest BCUT2D eigenvalue weighted by atomic mass is 35.5. The first-order valence-electron chi connectivity index (χ1n) is 9.30. The van der Waals surface area contributed by atoms with Crippen LogP contribution in [-0.4, -0.2) is 54.5 Å². The van der Waals surface area contributed by atoms with Crippen LogP contribution in [0.4, 0.5) is 0 Å². The molecule has 2 aromatic rings. The second-order valence-electron chi connectivity index (χ2n) is 7.04. The highest BCUT2D eigenvalue weighted by molar-refractivity contribution is 5.91. The molecule has 0 spiro atoms. The van der Waals surface area contributed by atoms with Gasteiger partial charge in [-0.3, -0.25) is 9.69 Å². The lowest BCUT2D eigenvalue weighted by atomic mass is 10.0. The van der Waals surface area contributed by atoms with Crippen molar-refractivity contribution in [1.29, 1.82) is 0 Å². The summed E-state index contributed by atoms with van der Waals surface area (Å²) in [6.07, 6.45) is 3.62. The van der Waals surface area contributed by atoms with Crippen LogP contribution in [0.3, 0.4) is 0 Å². The largest absolute Gasteiger partial charge is 0.496 e. The first-order chi connectivity index (χ1) is 12.6. The van der Waals surface area contributed by atoms with Crippen LogP contribution in [0.25, 0.3) is 0 Å². The van der Waals surface area contributed by atoms with E-state index < -0.39 is 0 Å². The first-order valence-corrected chi connectivity index (χ1v) is 9.30. The molecule has 148 valence electrons. The highest BCUT2D eigenvalue weighted by Gasteiger charge is 2.32. The summed E-state index contributed by atoms with van der Waals surface area (Å²) in [6.45, 7) is 6.94. The number of ether oxygens (including phenoxy) is 1. The third kappa shape index (κ3) is 5.05. The zero-order chi connectivity index (χ0) is 18.5. The van der Waals surface area contributed by atoms with E-state index in [-0.39, 0.29) is 24.4 Å². The topological polar surface area (TPSA) is 45.9 Å². The van der Waals surface area contributed by atoms with Gasteiger partial charge in [-0.2, -0.15) is 0 Å². The molecule has 1 aromatic heterocycles. The minimum atomic E-state index is -0.0111. The number of amides is 1. The maximum absolute atomic E-state index is 12.6. The first kappa shape index (κ1) is 21.3. The van der Waals surface area contributed by atoms with E-state index >= 15 is 0 Å². The van der Waals surface area contributed by atoms with Gasteiger partial charge in [0.15, 0.2) is 5.76 Å². The molecule has 0 bridgehead atoms. The van der Waals surface area contributed by atoms with Gasteiger partial charge in [-0.25, -0.2) is 0 Å². The van der Waals surface area contributed by atoms with Crippen molar-refractivity contribution >= 4 is 18.3 Å². The van der Waals surface area contributed by atoms with E-state index in [0.717, 1.165) is 38.2 Å². The molecule has 1 saturated heterocycles. The van der Waals surface area contributed by atoms with Crippen molar-refractivity contribution in [3.8, 4) is 5.75 Å². The van der Waals surface area contributed by atoms with Crippen molar-refractivity contribution in [2.75, 3.05) is 26.7 Å². The summed E-state index contributed by atoms with van der Waals surface area (Å²) in [5.74, 6) is 1.37. The van der Waals surface area contributed by atoms with Gasteiger partial charge in [-0.05, 0) is 57.0 Å². The molecule has 5 nitrogen and oxygen atoms in total. The van der Waals surface area contributed by atoms with Crippen LogP contribution in [0.5, 0.6) is 5.75 Å². The van der Waals surface area contributed by atoms with Crippen LogP contribution in [-0.2, 0) is 6.42 Å². The smallest absolute Gasteiger partial charge is 0.289 e. The molecule has 1 aliphatic heterocycles. The molecular weight excluding hydrogens is 364 g/mol. The number of piperazine rings is 1. The summed E-state index contributed by atoms with van der Waals surface area (Å²) in [4.78, 5) is 17.0. The fourth-order valence-corrected chi connectivity index (χ4v) is 3.72. The van der Waals surface area contributed by atoms with Gasteiger partial charge < -0.3 is 14.1 Å². The van der Waals surface area contributed by atoms with Crippen molar-refractivity contribution in [2.45, 2.75) is 38.8 Å². The number of hydrogen-bond donors (Lipinski definition) is 0. The molecule has 0 aliphatic carbocycles. The van der Waals surface area contributed by atoms with Crippen molar-refractivity contribution in [2.24, 2.45) is 0 Å². The number of rotatable bonds is 6. The normalized spacial score (nSPS) is 20.2. The third-order valence-electron chi connectivity index (χ3n) is 5.19. The summed E-state index contributed by atoms with van der Waals surface area (Å²) in [5, 5.41) is 0. The zero-order valence-electron chi connectivity index (χ0n) is 16.3. The molecule has 0 saturated carbocycles. The lowest BCUT2D eigenvalue weighted by molar-refractivity contribution is 0.0290. The number of carbonyl (C=O) groups is 1. The number of methoxy groups -OCH3 is 1. The average Bonchev–Trinajstić information content (AvgIpc) is 3.19. The quantitative estimate of drug-likeness (QED) is 0.748. The fraction of sp³-hybridized carbons (Fsp3) is 0.476. The molecule has 2 heterocycles. The van der Waals surface area contributed by atoms with Crippen LogP contribution < -0.4 is 4.74 Å². The molecule has 0 N–H and O–H groups in total. The summed E-state index contributed by atoms with van der Waals surface area (Å²) >= 11 is 0. The highest BCUT2D eigenvalue weighted by Crippen LogP contribution is 2.21. The van der Waals surface area contributed by atoms with Gasteiger partial charge >= 0.3 is 0 Å². The Kier molecular flexibility index (Phi) is 7.75. The Morgan fingerprint density at radius 2 is 1.93 bits per heavy atom. The number of para-hydroxylation sites is 1. The Bertz CT molecular complexity index is 720. The monoisotopic (exact) mass is 392 g/mol. The molecule has 1 fully saturated rings. The van der Waals surface area contributed by atoms with Crippen molar-refractivity contribution in [3.63, 3.8) is 0 Å². The van der Waals surface area contributed by atoms with Gasteiger partial charge in [0.2, 0.25) is 0 Å². The Morgan fingerprint density at radius 3 is 2.63 bits per heavy atom. The van der Waals surface area contributed by atoms with Crippen LogP contribution in [0, 0.1) is 0 Å². The fourth-order valence-electron chi connectivity index (χ4n) is 3.72. The number of benzene rings is 1. The van der Waals surface area contributed by atoms with Gasteiger partial charge in [0, 0.05) is 25.2 Å². The number of halogens is 1. The summed E-state index contributed by atoms with van der Waals surface area (Å²) in [6, 6.07) is 12.2. The number of nitrogens with zero attached hydrogens (tertiary/aromatic N) is 2. The molecule has 1 aliphatic rings. The van der Waals surface area contributed by atoms with Gasteiger partial charge in [-0.1, -0.05) is 18.2 Å². The van der Waals surface area contributed by atoms with Crippen molar-refractivity contribution in [1.82, 2.24) is 9.80 Å². The minimum absolute atomic E-state index is 0. The van der Waals surface area contributed by atoms with E-state index in [1.54, 1.807) is 25.5 Å². The maximum atomic E-state index is 12.6. The summed E-state index contributed by atoms with van der Waals surface area (Å²) in [5.41, 5.74) is 1.25. The Morgan fingerprint density at radius 1 is 1.15 bits per heavy atom. The van der Waals surface area contributed by atoms with Gasteiger partial charge in [-0.15, -0.1) is 12.4 Å². The summed E-state index contributed by atoms with van der Waals surface area (Å²) < 4.78 is 10.7. The van der Waals surface area contributed by atoms with Crippen LogP contribution >= 0.6 is 12.4 Å². The molecule has 1 amide bonds. The standard InChI is InChI=1S/C21H28N2O3.ClH/c1-16-15-23(21(24)20-11-7-13-26-20)17(2)14-22(16)12-6-9-18-8-4-5-10-19(18)25-3;/h4-5,7-8,10-11,13,16-17H,6,9,12,14-15H2,1-3H3;1H. The molecule has 0 radical (unpaired) electrons. The number of furan rings is 1. The number of hydrogen-bond acceptors (Lipinski definition) is 4. The Balaban J connectivity index is 0.00000261.